The van der Waals surface area contributed by atoms with Crippen LogP contribution in [0.2, 0.25) is 0 Å². The Labute approximate surface area is 153 Å². The van der Waals surface area contributed by atoms with Gasteiger partial charge < -0.3 is 10.4 Å². The predicted octanol–water partition coefficient (Wildman–Crippen LogP) is 2.57. The van der Waals surface area contributed by atoms with Gasteiger partial charge in [0.25, 0.3) is 11.6 Å². The zero-order valence-electron chi connectivity index (χ0n) is 14.0. The number of nitrogens with one attached hydrogen (secondary N) is 1. The third kappa shape index (κ3) is 4.06. The molecule has 0 aliphatic carbocycles. The second-order valence-electron chi connectivity index (χ2n) is 5.87. The molecule has 8 heteroatoms. The molecule has 0 radical (unpaired) electrons. The number of nitro benzene ring substituents is 1. The number of benzene rings is 2. The van der Waals surface area contributed by atoms with Crippen LogP contribution in [0.5, 0.6) is 0 Å². The second-order valence-corrected chi connectivity index (χ2v) is 5.87. The van der Waals surface area contributed by atoms with E-state index in [1.807, 2.05) is 0 Å². The van der Waals surface area contributed by atoms with Gasteiger partial charge in [0.15, 0.2) is 0 Å². The number of rotatable bonds is 6. The second kappa shape index (κ2) is 7.61. The van der Waals surface area contributed by atoms with E-state index >= 15 is 0 Å². The van der Waals surface area contributed by atoms with Gasteiger partial charge in [-0.3, -0.25) is 19.9 Å². The van der Waals surface area contributed by atoms with Gasteiger partial charge in [0.05, 0.1) is 16.0 Å². The predicted molar refractivity (Wildman–Crippen MR) is 97.4 cm³/mol. The number of amides is 1. The highest BCUT2D eigenvalue weighted by molar-refractivity contribution is 6.06. The minimum Gasteiger partial charge on any atom is -0.480 e. The maximum absolute atomic E-state index is 12.6. The number of carboxylic acid groups (broad SMARTS) is 1. The molecule has 27 heavy (non-hydrogen) atoms. The van der Waals surface area contributed by atoms with Crippen LogP contribution in [-0.2, 0) is 11.2 Å². The summed E-state index contributed by atoms with van der Waals surface area (Å²) in [7, 11) is 0. The van der Waals surface area contributed by atoms with Gasteiger partial charge in [-0.25, -0.2) is 4.79 Å². The molecule has 1 atom stereocenters. The summed E-state index contributed by atoms with van der Waals surface area (Å²) in [6.45, 7) is 0. The molecule has 0 spiro atoms. The molecule has 3 aromatic rings. The van der Waals surface area contributed by atoms with Crippen molar-refractivity contribution in [1.82, 2.24) is 10.3 Å². The van der Waals surface area contributed by atoms with E-state index in [1.165, 1.54) is 36.5 Å². The Morgan fingerprint density at radius 1 is 1.11 bits per heavy atom. The molecule has 2 N–H and O–H groups in total. The highest BCUT2D eigenvalue weighted by Crippen LogP contribution is 2.17. The van der Waals surface area contributed by atoms with Gasteiger partial charge in [0.2, 0.25) is 0 Å². The lowest BCUT2D eigenvalue weighted by Gasteiger charge is -2.15. The summed E-state index contributed by atoms with van der Waals surface area (Å²) in [5.74, 6) is -1.72. The number of nitrogens with zero attached hydrogens (tertiary/aromatic N) is 2. The summed E-state index contributed by atoms with van der Waals surface area (Å²) < 4.78 is 0. The van der Waals surface area contributed by atoms with Gasteiger partial charge in [-0.05, 0) is 17.7 Å². The fourth-order valence-electron chi connectivity index (χ4n) is 2.72. The van der Waals surface area contributed by atoms with Gasteiger partial charge in [-0.1, -0.05) is 30.3 Å². The minimum atomic E-state index is -1.19. The number of carbonyl (C=O) groups is 2. The van der Waals surface area contributed by atoms with Gasteiger partial charge in [-0.15, -0.1) is 0 Å². The number of aliphatic carboxylic acids is 1. The summed E-state index contributed by atoms with van der Waals surface area (Å²) in [5.41, 5.74) is 1.44. The average Bonchev–Trinajstić information content (AvgIpc) is 2.67. The van der Waals surface area contributed by atoms with E-state index in [9.17, 15) is 24.8 Å². The lowest BCUT2D eigenvalue weighted by molar-refractivity contribution is -0.384. The summed E-state index contributed by atoms with van der Waals surface area (Å²) in [4.78, 5) is 38.5. The van der Waals surface area contributed by atoms with E-state index in [2.05, 4.69) is 10.3 Å². The highest BCUT2D eigenvalue weighted by atomic mass is 16.6. The minimum absolute atomic E-state index is 0.00207. The van der Waals surface area contributed by atoms with Gasteiger partial charge in [0, 0.05) is 30.1 Å². The van der Waals surface area contributed by atoms with Crippen LogP contribution in [-0.4, -0.2) is 32.9 Å². The Balaban J connectivity index is 1.80. The average molecular weight is 365 g/mol. The number of nitro groups is 1. The van der Waals surface area contributed by atoms with Crippen molar-refractivity contribution >= 4 is 28.5 Å². The van der Waals surface area contributed by atoms with E-state index < -0.39 is 22.8 Å². The number of pyridine rings is 1. The first-order chi connectivity index (χ1) is 13.0. The molecule has 1 amide bonds. The smallest absolute Gasteiger partial charge is 0.326 e. The number of hydrogen-bond acceptors (Lipinski definition) is 5. The van der Waals surface area contributed by atoms with Crippen molar-refractivity contribution < 1.29 is 19.6 Å². The van der Waals surface area contributed by atoms with E-state index in [-0.39, 0.29) is 12.1 Å². The molecule has 0 unspecified atom stereocenters. The number of aromatic nitrogens is 1. The molecule has 0 aliphatic heterocycles. The number of carbonyl (C=O) groups excluding carboxylic acids is 1. The first-order valence-corrected chi connectivity index (χ1v) is 8.06. The SMILES string of the molecule is O=C(N[C@@H](Cc1ccc([N+](=O)[O-])cc1)C(=O)O)c1ccnc2ccccc12. The van der Waals surface area contributed by atoms with Crippen molar-refractivity contribution in [3.8, 4) is 0 Å². The Kier molecular flexibility index (Phi) is 5.07. The third-order valence-corrected chi connectivity index (χ3v) is 4.08. The highest BCUT2D eigenvalue weighted by Gasteiger charge is 2.22. The lowest BCUT2D eigenvalue weighted by atomic mass is 10.0. The molecule has 1 heterocycles. The number of fused-ring (bicyclic) bond motifs is 1. The van der Waals surface area contributed by atoms with Crippen LogP contribution in [0.15, 0.2) is 60.8 Å². The summed E-state index contributed by atoms with van der Waals surface area (Å²) >= 11 is 0. The van der Waals surface area contributed by atoms with Crippen LogP contribution in [0, 0.1) is 10.1 Å². The molecule has 0 bridgehead atoms. The Hall–Kier alpha value is -3.81. The molecule has 0 fully saturated rings. The number of para-hydroxylation sites is 1. The topological polar surface area (TPSA) is 122 Å². The maximum atomic E-state index is 12.6. The van der Waals surface area contributed by atoms with E-state index in [4.69, 9.17) is 0 Å². The number of hydrogen-bond donors (Lipinski definition) is 2. The van der Waals surface area contributed by atoms with Crippen molar-refractivity contribution in [2.24, 2.45) is 0 Å². The van der Waals surface area contributed by atoms with Crippen molar-refractivity contribution in [1.29, 1.82) is 0 Å². The largest absolute Gasteiger partial charge is 0.480 e. The third-order valence-electron chi connectivity index (χ3n) is 4.08. The monoisotopic (exact) mass is 365 g/mol. The first-order valence-electron chi connectivity index (χ1n) is 8.06. The van der Waals surface area contributed by atoms with E-state index in [0.717, 1.165) is 0 Å². The molecular weight excluding hydrogens is 350 g/mol. The normalized spacial score (nSPS) is 11.7. The molecular formula is C19H15N3O5. The summed E-state index contributed by atoms with van der Waals surface area (Å²) in [6, 6.07) is 13.0. The Morgan fingerprint density at radius 2 is 1.81 bits per heavy atom. The van der Waals surface area contributed by atoms with Crippen LogP contribution in [0.3, 0.4) is 0 Å². The van der Waals surface area contributed by atoms with Gasteiger partial charge >= 0.3 is 5.97 Å². The van der Waals surface area contributed by atoms with Crippen LogP contribution >= 0.6 is 0 Å². The van der Waals surface area contributed by atoms with Crippen molar-refractivity contribution in [3.63, 3.8) is 0 Å². The van der Waals surface area contributed by atoms with Crippen LogP contribution in [0.25, 0.3) is 10.9 Å². The summed E-state index contributed by atoms with van der Waals surface area (Å²) in [5, 5.41) is 23.3. The first kappa shape index (κ1) is 18.0. The standard InChI is InChI=1S/C19H15N3O5/c23-18(15-9-10-20-16-4-2-1-3-14(15)16)21-17(19(24)25)11-12-5-7-13(8-6-12)22(26)27/h1-10,17H,11H2,(H,21,23)(H,24,25)/t17-/m0/s1. The molecule has 136 valence electrons. The molecule has 0 aliphatic rings. The molecule has 8 nitrogen and oxygen atoms in total. The van der Waals surface area contributed by atoms with E-state index in [0.29, 0.717) is 22.0 Å². The summed E-state index contributed by atoms with van der Waals surface area (Å²) in [6.07, 6.45) is 1.49. The fourth-order valence-corrected chi connectivity index (χ4v) is 2.72. The zero-order chi connectivity index (χ0) is 19.4. The fraction of sp³-hybridized carbons (Fsp3) is 0.105. The van der Waals surface area contributed by atoms with E-state index in [1.54, 1.807) is 24.3 Å². The van der Waals surface area contributed by atoms with Gasteiger partial charge in [0.1, 0.15) is 6.04 Å². The molecule has 0 saturated carbocycles. The number of carboxylic acids is 1. The van der Waals surface area contributed by atoms with Crippen LogP contribution in [0.1, 0.15) is 15.9 Å². The Morgan fingerprint density at radius 3 is 2.48 bits per heavy atom. The number of non-ortho nitro benzene ring substituents is 1. The molecule has 2 aromatic carbocycles. The maximum Gasteiger partial charge on any atom is 0.326 e. The van der Waals surface area contributed by atoms with Crippen molar-refractivity contribution in [3.05, 3.63) is 82.0 Å². The lowest BCUT2D eigenvalue weighted by Crippen LogP contribution is -2.42. The van der Waals surface area contributed by atoms with Crippen LogP contribution < -0.4 is 5.32 Å². The van der Waals surface area contributed by atoms with Crippen molar-refractivity contribution in [2.75, 3.05) is 0 Å². The zero-order valence-corrected chi connectivity index (χ0v) is 14.0. The van der Waals surface area contributed by atoms with Gasteiger partial charge in [-0.2, -0.15) is 0 Å². The van der Waals surface area contributed by atoms with Crippen LogP contribution in [0.4, 0.5) is 5.69 Å². The Bertz CT molecular complexity index is 1010. The molecule has 0 saturated heterocycles. The molecule has 3 rings (SSSR count). The molecule has 1 aromatic heterocycles. The van der Waals surface area contributed by atoms with Crippen molar-refractivity contribution in [2.45, 2.75) is 12.5 Å². The quantitative estimate of drug-likeness (QED) is 0.511.